The number of aromatic amines is 2. The SMILES string of the molecule is CN(C)CCOc1cc(F)cc(-c2cccc3[nH]c(-c4n[nH]c5ccc(-c6cncc(OC7CCCCC7)c6)nc45)cc23)c1. The molecule has 44 heavy (non-hydrogen) atoms. The summed E-state index contributed by atoms with van der Waals surface area (Å²) in [6, 6.07) is 18.8. The van der Waals surface area contributed by atoms with E-state index in [-0.39, 0.29) is 11.9 Å². The predicted octanol–water partition coefficient (Wildman–Crippen LogP) is 7.63. The summed E-state index contributed by atoms with van der Waals surface area (Å²) in [5.74, 6) is 0.940. The molecule has 2 N–H and O–H groups in total. The minimum Gasteiger partial charge on any atom is -0.492 e. The lowest BCUT2D eigenvalue weighted by molar-refractivity contribution is 0.154. The van der Waals surface area contributed by atoms with E-state index in [1.54, 1.807) is 6.20 Å². The number of fused-ring (bicyclic) bond motifs is 2. The number of ether oxygens (including phenoxy) is 2. The predicted molar refractivity (Wildman–Crippen MR) is 171 cm³/mol. The van der Waals surface area contributed by atoms with Gasteiger partial charge in [-0.1, -0.05) is 18.6 Å². The number of rotatable bonds is 9. The van der Waals surface area contributed by atoms with Crippen LogP contribution in [0.3, 0.4) is 0 Å². The number of nitrogens with zero attached hydrogens (tertiary/aromatic N) is 4. The van der Waals surface area contributed by atoms with Gasteiger partial charge in [0.1, 0.15) is 35.1 Å². The molecular formula is C35H35FN6O2. The van der Waals surface area contributed by atoms with Crippen LogP contribution >= 0.6 is 0 Å². The second-order valence-electron chi connectivity index (χ2n) is 11.7. The Balaban J connectivity index is 1.21. The van der Waals surface area contributed by atoms with Crippen molar-refractivity contribution in [3.8, 4) is 45.3 Å². The van der Waals surface area contributed by atoms with Gasteiger partial charge in [0, 0.05) is 35.3 Å². The first kappa shape index (κ1) is 28.0. The number of aromatic nitrogens is 5. The smallest absolute Gasteiger partial charge is 0.138 e. The van der Waals surface area contributed by atoms with E-state index >= 15 is 0 Å². The molecule has 8 nitrogen and oxygen atoms in total. The standard InChI is InChI=1S/C35H35FN6O2/c1-42(2)13-14-43-26-16-22(15-24(36)18-26)28-9-6-10-31-29(28)19-33(38-31)35-34-32(40-41-35)12-11-30(39-34)23-17-27(21-37-20-23)44-25-7-4-3-5-8-25/h6,9-12,15-21,25,38H,3-5,7-8,13-14H2,1-2H3,(H,40,41). The number of hydrogen-bond acceptors (Lipinski definition) is 6. The van der Waals surface area contributed by atoms with Crippen molar-refractivity contribution < 1.29 is 13.9 Å². The van der Waals surface area contributed by atoms with Crippen LogP contribution in [0.15, 0.2) is 73.1 Å². The number of likely N-dealkylation sites (N-methyl/N-ethyl adjacent to an activating group) is 1. The van der Waals surface area contributed by atoms with Gasteiger partial charge in [0.2, 0.25) is 0 Å². The number of nitrogens with one attached hydrogen (secondary N) is 2. The molecule has 1 saturated carbocycles. The Hall–Kier alpha value is -4.76. The zero-order chi connectivity index (χ0) is 30.0. The van der Waals surface area contributed by atoms with Crippen LogP contribution in [0.1, 0.15) is 32.1 Å². The van der Waals surface area contributed by atoms with Crippen molar-refractivity contribution in [2.24, 2.45) is 0 Å². The third-order valence-electron chi connectivity index (χ3n) is 8.18. The molecule has 0 aliphatic heterocycles. The summed E-state index contributed by atoms with van der Waals surface area (Å²) in [6.07, 6.45) is 9.72. The molecule has 0 radical (unpaired) electrons. The van der Waals surface area contributed by atoms with Crippen LogP contribution in [0, 0.1) is 5.82 Å². The molecule has 1 aliphatic rings. The Morgan fingerprint density at radius 1 is 0.909 bits per heavy atom. The minimum absolute atomic E-state index is 0.248. The van der Waals surface area contributed by atoms with Gasteiger partial charge in [-0.3, -0.25) is 10.1 Å². The number of halogens is 1. The zero-order valence-electron chi connectivity index (χ0n) is 24.9. The van der Waals surface area contributed by atoms with Gasteiger partial charge >= 0.3 is 0 Å². The Morgan fingerprint density at radius 2 is 1.77 bits per heavy atom. The highest BCUT2D eigenvalue weighted by Gasteiger charge is 2.18. The highest BCUT2D eigenvalue weighted by molar-refractivity contribution is 6.00. The molecule has 1 aliphatic carbocycles. The Kier molecular flexibility index (Phi) is 7.70. The van der Waals surface area contributed by atoms with Crippen LogP contribution in [0.2, 0.25) is 0 Å². The molecular weight excluding hydrogens is 555 g/mol. The topological polar surface area (TPSA) is 92.0 Å². The van der Waals surface area contributed by atoms with Gasteiger partial charge < -0.3 is 19.4 Å². The molecule has 224 valence electrons. The summed E-state index contributed by atoms with van der Waals surface area (Å²) >= 11 is 0. The number of H-pyrrole nitrogens is 2. The van der Waals surface area contributed by atoms with Crippen molar-refractivity contribution in [2.45, 2.75) is 38.2 Å². The molecule has 9 heteroatoms. The highest BCUT2D eigenvalue weighted by atomic mass is 19.1. The van der Waals surface area contributed by atoms with Crippen molar-refractivity contribution in [1.82, 2.24) is 30.0 Å². The molecule has 4 aromatic heterocycles. The number of hydrogen-bond donors (Lipinski definition) is 2. The normalized spacial score (nSPS) is 14.1. The first-order valence-corrected chi connectivity index (χ1v) is 15.2. The highest BCUT2D eigenvalue weighted by Crippen LogP contribution is 2.36. The molecule has 6 aromatic rings. The first-order valence-electron chi connectivity index (χ1n) is 15.2. The number of pyridine rings is 2. The molecule has 2 aromatic carbocycles. The van der Waals surface area contributed by atoms with Gasteiger partial charge in [0.25, 0.3) is 0 Å². The molecule has 7 rings (SSSR count). The van der Waals surface area contributed by atoms with Crippen molar-refractivity contribution in [2.75, 3.05) is 27.2 Å². The fourth-order valence-electron chi connectivity index (χ4n) is 5.93. The van der Waals surface area contributed by atoms with E-state index < -0.39 is 0 Å². The molecule has 1 fully saturated rings. The van der Waals surface area contributed by atoms with E-state index in [2.05, 4.69) is 20.2 Å². The molecule has 0 atom stereocenters. The van der Waals surface area contributed by atoms with Crippen LogP contribution in [0.25, 0.3) is 55.7 Å². The summed E-state index contributed by atoms with van der Waals surface area (Å²) in [7, 11) is 3.96. The molecule has 0 amide bonds. The van der Waals surface area contributed by atoms with Gasteiger partial charge in [-0.2, -0.15) is 5.10 Å². The van der Waals surface area contributed by atoms with E-state index in [4.69, 9.17) is 14.5 Å². The van der Waals surface area contributed by atoms with Crippen molar-refractivity contribution in [3.05, 3.63) is 78.9 Å². The maximum atomic E-state index is 14.7. The summed E-state index contributed by atoms with van der Waals surface area (Å²) in [5.41, 5.74) is 7.34. The van der Waals surface area contributed by atoms with Crippen LogP contribution in [0.5, 0.6) is 11.5 Å². The van der Waals surface area contributed by atoms with Crippen molar-refractivity contribution >= 4 is 21.9 Å². The van der Waals surface area contributed by atoms with Gasteiger partial charge in [-0.05, 0) is 93.4 Å². The van der Waals surface area contributed by atoms with Crippen LogP contribution in [-0.2, 0) is 0 Å². The van der Waals surface area contributed by atoms with Crippen LogP contribution < -0.4 is 9.47 Å². The molecule has 0 bridgehead atoms. The molecule has 0 spiro atoms. The number of benzene rings is 2. The van der Waals surface area contributed by atoms with E-state index in [1.165, 1.54) is 31.4 Å². The lowest BCUT2D eigenvalue weighted by Gasteiger charge is -2.22. The van der Waals surface area contributed by atoms with E-state index in [1.807, 2.05) is 73.7 Å². The fourth-order valence-corrected chi connectivity index (χ4v) is 5.93. The van der Waals surface area contributed by atoms with Gasteiger partial charge in [-0.15, -0.1) is 0 Å². The zero-order valence-corrected chi connectivity index (χ0v) is 24.9. The Morgan fingerprint density at radius 3 is 2.64 bits per heavy atom. The fraction of sp³-hybridized carbons (Fsp3) is 0.286. The maximum absolute atomic E-state index is 14.7. The van der Waals surface area contributed by atoms with Crippen molar-refractivity contribution in [1.29, 1.82) is 0 Å². The average molecular weight is 591 g/mol. The Labute approximate surface area is 255 Å². The lowest BCUT2D eigenvalue weighted by Crippen LogP contribution is -2.19. The van der Waals surface area contributed by atoms with E-state index in [0.717, 1.165) is 75.2 Å². The summed E-state index contributed by atoms with van der Waals surface area (Å²) in [5, 5.41) is 8.70. The third-order valence-corrected chi connectivity index (χ3v) is 8.18. The summed E-state index contributed by atoms with van der Waals surface area (Å²) in [6.45, 7) is 1.22. The van der Waals surface area contributed by atoms with Gasteiger partial charge in [-0.25, -0.2) is 9.37 Å². The van der Waals surface area contributed by atoms with Crippen LogP contribution in [-0.4, -0.2) is 63.4 Å². The largest absolute Gasteiger partial charge is 0.492 e. The first-order chi connectivity index (χ1) is 21.5. The van der Waals surface area contributed by atoms with Gasteiger partial charge in [0.05, 0.1) is 29.2 Å². The molecule has 0 saturated heterocycles. The second-order valence-corrected chi connectivity index (χ2v) is 11.7. The maximum Gasteiger partial charge on any atom is 0.138 e. The third kappa shape index (κ3) is 5.88. The Bertz CT molecular complexity index is 1920. The van der Waals surface area contributed by atoms with E-state index in [0.29, 0.717) is 18.1 Å². The lowest BCUT2D eigenvalue weighted by atomic mass is 9.98. The van der Waals surface area contributed by atoms with Crippen LogP contribution in [0.4, 0.5) is 4.39 Å². The minimum atomic E-state index is -0.340. The van der Waals surface area contributed by atoms with E-state index in [9.17, 15) is 4.39 Å². The van der Waals surface area contributed by atoms with Crippen molar-refractivity contribution in [3.63, 3.8) is 0 Å². The molecule has 0 unspecified atom stereocenters. The average Bonchev–Trinajstić information content (AvgIpc) is 3.65. The van der Waals surface area contributed by atoms with Gasteiger partial charge in [0.15, 0.2) is 0 Å². The molecule has 4 heterocycles. The summed E-state index contributed by atoms with van der Waals surface area (Å²) < 4.78 is 26.8. The monoisotopic (exact) mass is 590 g/mol. The quantitative estimate of drug-likeness (QED) is 0.180. The summed E-state index contributed by atoms with van der Waals surface area (Å²) in [4.78, 5) is 15.0. The second kappa shape index (κ2) is 12.1.